The molecular formula is C16H19Cl2NS. The van der Waals surface area contributed by atoms with Gasteiger partial charge in [-0.3, -0.25) is 0 Å². The van der Waals surface area contributed by atoms with Crippen molar-refractivity contribution in [1.82, 2.24) is 5.32 Å². The molecule has 20 heavy (non-hydrogen) atoms. The molecule has 1 atom stereocenters. The summed E-state index contributed by atoms with van der Waals surface area (Å²) < 4.78 is 1.51. The summed E-state index contributed by atoms with van der Waals surface area (Å²) in [7, 11) is 0. The second kappa shape index (κ2) is 6.95. The van der Waals surface area contributed by atoms with Gasteiger partial charge in [-0.25, -0.2) is 0 Å². The van der Waals surface area contributed by atoms with Crippen LogP contribution in [0.4, 0.5) is 0 Å². The molecule has 2 aromatic rings. The highest BCUT2D eigenvalue weighted by Crippen LogP contribution is 2.39. The van der Waals surface area contributed by atoms with E-state index in [1.165, 1.54) is 28.0 Å². The van der Waals surface area contributed by atoms with Gasteiger partial charge < -0.3 is 5.32 Å². The summed E-state index contributed by atoms with van der Waals surface area (Å²) in [5, 5.41) is 3.60. The molecular weight excluding hydrogens is 309 g/mol. The van der Waals surface area contributed by atoms with Gasteiger partial charge in [0.2, 0.25) is 0 Å². The largest absolute Gasteiger partial charge is 0.306 e. The molecule has 2 rings (SSSR count). The van der Waals surface area contributed by atoms with Crippen molar-refractivity contribution in [3.8, 4) is 0 Å². The second-order valence-electron chi connectivity index (χ2n) is 4.97. The Morgan fingerprint density at radius 2 is 1.85 bits per heavy atom. The van der Waals surface area contributed by atoms with E-state index < -0.39 is 0 Å². The SMILES string of the molecule is CCCNC(c1cc(Cl)sc1Cl)c1c(C)cccc1C. The molecule has 108 valence electrons. The minimum atomic E-state index is 0.104. The summed E-state index contributed by atoms with van der Waals surface area (Å²) in [6.07, 6.45) is 1.08. The van der Waals surface area contributed by atoms with Gasteiger partial charge in [-0.15, -0.1) is 11.3 Å². The Bertz CT molecular complexity index is 572. The lowest BCUT2D eigenvalue weighted by molar-refractivity contribution is 0.595. The van der Waals surface area contributed by atoms with E-state index in [2.05, 4.69) is 44.3 Å². The molecule has 0 saturated heterocycles. The van der Waals surface area contributed by atoms with Gasteiger partial charge in [-0.1, -0.05) is 48.3 Å². The third kappa shape index (κ3) is 3.37. The smallest absolute Gasteiger partial charge is 0.0995 e. The van der Waals surface area contributed by atoms with Gasteiger partial charge in [-0.05, 0) is 49.6 Å². The van der Waals surface area contributed by atoms with Crippen molar-refractivity contribution >= 4 is 34.5 Å². The van der Waals surface area contributed by atoms with Crippen LogP contribution in [0.25, 0.3) is 0 Å². The van der Waals surface area contributed by atoms with Gasteiger partial charge in [0.25, 0.3) is 0 Å². The highest BCUT2D eigenvalue weighted by molar-refractivity contribution is 7.20. The summed E-state index contributed by atoms with van der Waals surface area (Å²) in [5.74, 6) is 0. The molecule has 1 heterocycles. The highest BCUT2D eigenvalue weighted by Gasteiger charge is 2.21. The van der Waals surface area contributed by atoms with Crippen molar-refractivity contribution < 1.29 is 0 Å². The molecule has 0 spiro atoms. The average Bonchev–Trinajstić information content (AvgIpc) is 2.72. The van der Waals surface area contributed by atoms with Crippen molar-refractivity contribution in [1.29, 1.82) is 0 Å². The lowest BCUT2D eigenvalue weighted by Crippen LogP contribution is -2.24. The summed E-state index contributed by atoms with van der Waals surface area (Å²) in [6, 6.07) is 8.46. The number of rotatable bonds is 5. The van der Waals surface area contributed by atoms with Gasteiger partial charge in [0.05, 0.1) is 14.7 Å². The van der Waals surface area contributed by atoms with Gasteiger partial charge in [0.15, 0.2) is 0 Å². The number of thiophene rings is 1. The minimum Gasteiger partial charge on any atom is -0.306 e. The number of nitrogens with one attached hydrogen (secondary N) is 1. The standard InChI is InChI=1S/C16H19Cl2NS/c1-4-8-19-15(12-9-13(17)20-16(12)18)14-10(2)6-5-7-11(14)3/h5-7,9,15,19H,4,8H2,1-3H3. The lowest BCUT2D eigenvalue weighted by Gasteiger charge is -2.23. The van der Waals surface area contributed by atoms with Gasteiger partial charge >= 0.3 is 0 Å². The van der Waals surface area contributed by atoms with E-state index >= 15 is 0 Å². The Hall–Kier alpha value is -0.540. The third-order valence-electron chi connectivity index (χ3n) is 3.42. The predicted molar refractivity (Wildman–Crippen MR) is 90.4 cm³/mol. The normalized spacial score (nSPS) is 12.7. The van der Waals surface area contributed by atoms with E-state index in [0.717, 1.165) is 27.2 Å². The van der Waals surface area contributed by atoms with Crippen molar-refractivity contribution in [2.24, 2.45) is 0 Å². The van der Waals surface area contributed by atoms with E-state index in [0.29, 0.717) is 0 Å². The first kappa shape index (κ1) is 15.8. The Kier molecular flexibility index (Phi) is 5.50. The number of halogens is 2. The maximum Gasteiger partial charge on any atom is 0.0995 e. The maximum absolute atomic E-state index is 6.37. The summed E-state index contributed by atoms with van der Waals surface area (Å²) >= 11 is 13.9. The monoisotopic (exact) mass is 327 g/mol. The molecule has 0 radical (unpaired) electrons. The van der Waals surface area contributed by atoms with Gasteiger partial charge in [0, 0.05) is 5.56 Å². The van der Waals surface area contributed by atoms with Crippen LogP contribution in [0, 0.1) is 13.8 Å². The predicted octanol–water partition coefficient (Wildman–Crippen LogP) is 5.76. The van der Waals surface area contributed by atoms with E-state index in [-0.39, 0.29) is 6.04 Å². The van der Waals surface area contributed by atoms with Crippen LogP contribution < -0.4 is 5.32 Å². The van der Waals surface area contributed by atoms with Crippen molar-refractivity contribution in [2.45, 2.75) is 33.2 Å². The van der Waals surface area contributed by atoms with Crippen LogP contribution in [0.3, 0.4) is 0 Å². The van der Waals surface area contributed by atoms with Crippen LogP contribution in [0.2, 0.25) is 8.67 Å². The summed E-state index contributed by atoms with van der Waals surface area (Å²) in [5.41, 5.74) is 4.93. The van der Waals surface area contributed by atoms with Crippen LogP contribution in [-0.2, 0) is 0 Å². The number of hydrogen-bond acceptors (Lipinski definition) is 2. The minimum absolute atomic E-state index is 0.104. The van der Waals surface area contributed by atoms with Crippen molar-refractivity contribution in [3.05, 3.63) is 55.2 Å². The molecule has 4 heteroatoms. The topological polar surface area (TPSA) is 12.0 Å². The molecule has 0 aliphatic heterocycles. The first-order valence-corrected chi connectivity index (χ1v) is 8.36. The molecule has 1 unspecified atom stereocenters. The molecule has 0 bridgehead atoms. The van der Waals surface area contributed by atoms with Crippen LogP contribution in [0.15, 0.2) is 24.3 Å². The fourth-order valence-electron chi connectivity index (χ4n) is 2.49. The highest BCUT2D eigenvalue weighted by atomic mass is 35.5. The molecule has 0 saturated carbocycles. The molecule has 1 N–H and O–H groups in total. The van der Waals surface area contributed by atoms with E-state index in [4.69, 9.17) is 23.2 Å². The van der Waals surface area contributed by atoms with Gasteiger partial charge in [0.1, 0.15) is 0 Å². The Balaban J connectivity index is 2.50. The maximum atomic E-state index is 6.37. The van der Waals surface area contributed by atoms with Crippen molar-refractivity contribution in [3.63, 3.8) is 0 Å². The number of hydrogen-bond donors (Lipinski definition) is 1. The number of benzene rings is 1. The molecule has 1 nitrogen and oxygen atoms in total. The zero-order chi connectivity index (χ0) is 14.7. The second-order valence-corrected chi connectivity index (χ2v) is 7.26. The average molecular weight is 328 g/mol. The summed E-state index contributed by atoms with van der Waals surface area (Å²) in [4.78, 5) is 0. The van der Waals surface area contributed by atoms with Crippen LogP contribution in [0.1, 0.15) is 41.6 Å². The van der Waals surface area contributed by atoms with E-state index in [9.17, 15) is 0 Å². The molecule has 1 aromatic heterocycles. The molecule has 0 fully saturated rings. The van der Waals surface area contributed by atoms with Crippen LogP contribution in [0.5, 0.6) is 0 Å². The Morgan fingerprint density at radius 3 is 2.35 bits per heavy atom. The van der Waals surface area contributed by atoms with Crippen LogP contribution >= 0.6 is 34.5 Å². The molecule has 0 amide bonds. The van der Waals surface area contributed by atoms with E-state index in [1.54, 1.807) is 0 Å². The zero-order valence-corrected chi connectivity index (χ0v) is 14.3. The molecule has 0 aliphatic rings. The fourth-order valence-corrected chi connectivity index (χ4v) is 4.02. The number of aryl methyl sites for hydroxylation is 2. The fraction of sp³-hybridized carbons (Fsp3) is 0.375. The van der Waals surface area contributed by atoms with Crippen LogP contribution in [-0.4, -0.2) is 6.54 Å². The van der Waals surface area contributed by atoms with Gasteiger partial charge in [-0.2, -0.15) is 0 Å². The Labute approximate surface area is 134 Å². The lowest BCUT2D eigenvalue weighted by atomic mass is 9.92. The third-order valence-corrected chi connectivity index (χ3v) is 4.94. The van der Waals surface area contributed by atoms with E-state index in [1.807, 2.05) is 6.07 Å². The Morgan fingerprint density at radius 1 is 1.20 bits per heavy atom. The molecule has 1 aromatic carbocycles. The zero-order valence-electron chi connectivity index (χ0n) is 12.0. The first-order chi connectivity index (χ1) is 9.54. The summed E-state index contributed by atoms with van der Waals surface area (Å²) in [6.45, 7) is 7.40. The quantitative estimate of drug-likeness (QED) is 0.736. The first-order valence-electron chi connectivity index (χ1n) is 6.78. The molecule has 0 aliphatic carbocycles. The van der Waals surface area contributed by atoms with Crippen molar-refractivity contribution in [2.75, 3.05) is 6.54 Å².